The Hall–Kier alpha value is -3.10. The van der Waals surface area contributed by atoms with Gasteiger partial charge in [-0.1, -0.05) is 48.5 Å². The normalized spacial score (nSPS) is 19.4. The number of benzene rings is 2. The lowest BCUT2D eigenvalue weighted by molar-refractivity contribution is 0.0680. The standard InChI is InChI=1S/C22H22N4O3S/c27-22(20-11-13-23-16-24-20)26-14-12-19(17-7-3-1-4-8-17)21(15-26)25-30(28,29)18-9-5-2-6-10-18/h1-11,13,16,19,21,25H,12,14-15H2/t19-,21-/m0/s1. The first-order chi connectivity index (χ1) is 14.5. The number of hydrogen-bond acceptors (Lipinski definition) is 5. The van der Waals surface area contributed by atoms with Gasteiger partial charge in [-0.2, -0.15) is 0 Å². The predicted octanol–water partition coefficient (Wildman–Crippen LogP) is 2.45. The van der Waals surface area contributed by atoms with Crippen molar-refractivity contribution in [3.63, 3.8) is 0 Å². The van der Waals surface area contributed by atoms with Crippen molar-refractivity contribution in [1.82, 2.24) is 19.6 Å². The number of amides is 1. The van der Waals surface area contributed by atoms with Crippen LogP contribution in [-0.2, 0) is 10.0 Å². The maximum Gasteiger partial charge on any atom is 0.272 e. The van der Waals surface area contributed by atoms with E-state index in [2.05, 4.69) is 14.7 Å². The van der Waals surface area contributed by atoms with Crippen molar-refractivity contribution < 1.29 is 13.2 Å². The fourth-order valence-electron chi connectivity index (χ4n) is 3.80. The summed E-state index contributed by atoms with van der Waals surface area (Å²) in [6.07, 6.45) is 3.49. The first-order valence-corrected chi connectivity index (χ1v) is 11.2. The van der Waals surface area contributed by atoms with Crippen molar-refractivity contribution >= 4 is 15.9 Å². The van der Waals surface area contributed by atoms with Crippen LogP contribution in [0.5, 0.6) is 0 Å². The van der Waals surface area contributed by atoms with Crippen molar-refractivity contribution in [2.45, 2.75) is 23.3 Å². The molecule has 1 fully saturated rings. The summed E-state index contributed by atoms with van der Waals surface area (Å²) in [6, 6.07) is 19.2. The van der Waals surface area contributed by atoms with E-state index >= 15 is 0 Å². The van der Waals surface area contributed by atoms with Gasteiger partial charge in [0.25, 0.3) is 5.91 Å². The number of sulfonamides is 1. The molecule has 0 unspecified atom stereocenters. The van der Waals surface area contributed by atoms with Crippen LogP contribution in [-0.4, -0.2) is 48.3 Å². The lowest BCUT2D eigenvalue weighted by Crippen LogP contribution is -2.53. The molecule has 30 heavy (non-hydrogen) atoms. The summed E-state index contributed by atoms with van der Waals surface area (Å²) in [7, 11) is -3.73. The fourth-order valence-corrected chi connectivity index (χ4v) is 5.09. The van der Waals surface area contributed by atoms with E-state index in [1.54, 1.807) is 41.3 Å². The van der Waals surface area contributed by atoms with E-state index in [1.165, 1.54) is 12.5 Å². The smallest absolute Gasteiger partial charge is 0.272 e. The Labute approximate surface area is 175 Å². The van der Waals surface area contributed by atoms with Crippen molar-refractivity contribution in [3.8, 4) is 0 Å². The first kappa shape index (κ1) is 20.2. The second kappa shape index (κ2) is 8.73. The third kappa shape index (κ3) is 4.39. The number of aromatic nitrogens is 2. The summed E-state index contributed by atoms with van der Waals surface area (Å²) < 4.78 is 28.8. The Morgan fingerprint density at radius 3 is 2.37 bits per heavy atom. The van der Waals surface area contributed by atoms with Crippen LogP contribution < -0.4 is 4.72 Å². The Bertz CT molecular complexity index is 1090. The number of hydrogen-bond donors (Lipinski definition) is 1. The minimum Gasteiger partial charge on any atom is -0.336 e. The molecule has 1 saturated heterocycles. The Kier molecular flexibility index (Phi) is 5.87. The van der Waals surface area contributed by atoms with Crippen LogP contribution in [0.2, 0.25) is 0 Å². The lowest BCUT2D eigenvalue weighted by atomic mass is 9.85. The summed E-state index contributed by atoms with van der Waals surface area (Å²) >= 11 is 0. The quantitative estimate of drug-likeness (QED) is 0.682. The van der Waals surface area contributed by atoms with E-state index in [0.29, 0.717) is 18.7 Å². The van der Waals surface area contributed by atoms with Crippen molar-refractivity contribution in [2.24, 2.45) is 0 Å². The van der Waals surface area contributed by atoms with Gasteiger partial charge in [0.2, 0.25) is 10.0 Å². The fraction of sp³-hybridized carbons (Fsp3) is 0.227. The van der Waals surface area contributed by atoms with Gasteiger partial charge in [-0.3, -0.25) is 4.79 Å². The van der Waals surface area contributed by atoms with Gasteiger partial charge in [0.05, 0.1) is 4.90 Å². The molecule has 0 radical (unpaired) electrons. The van der Waals surface area contributed by atoms with Gasteiger partial charge in [-0.05, 0) is 30.2 Å². The zero-order valence-corrected chi connectivity index (χ0v) is 17.1. The van der Waals surface area contributed by atoms with E-state index in [1.807, 2.05) is 30.3 Å². The van der Waals surface area contributed by atoms with Gasteiger partial charge in [-0.25, -0.2) is 23.1 Å². The van der Waals surface area contributed by atoms with Crippen LogP contribution in [0.3, 0.4) is 0 Å². The molecule has 0 spiro atoms. The minimum absolute atomic E-state index is 0.0425. The Morgan fingerprint density at radius 2 is 1.70 bits per heavy atom. The summed E-state index contributed by atoms with van der Waals surface area (Å²) in [5, 5.41) is 0. The molecule has 1 amide bonds. The molecule has 1 aromatic heterocycles. The lowest BCUT2D eigenvalue weighted by Gasteiger charge is -2.39. The molecule has 2 aromatic carbocycles. The number of likely N-dealkylation sites (tertiary alicyclic amines) is 1. The number of rotatable bonds is 5. The van der Waals surface area contributed by atoms with Crippen LogP contribution >= 0.6 is 0 Å². The molecule has 1 aliphatic heterocycles. The number of nitrogens with one attached hydrogen (secondary N) is 1. The largest absolute Gasteiger partial charge is 0.336 e. The summed E-state index contributed by atoms with van der Waals surface area (Å²) in [4.78, 5) is 22.6. The average molecular weight is 423 g/mol. The van der Waals surface area contributed by atoms with E-state index in [4.69, 9.17) is 0 Å². The molecule has 0 saturated carbocycles. The maximum atomic E-state index is 13.0. The van der Waals surface area contributed by atoms with Crippen LogP contribution in [0, 0.1) is 0 Å². The van der Waals surface area contributed by atoms with Crippen molar-refractivity contribution in [2.75, 3.05) is 13.1 Å². The topological polar surface area (TPSA) is 92.3 Å². The molecule has 8 heteroatoms. The summed E-state index contributed by atoms with van der Waals surface area (Å²) in [5.74, 6) is -0.271. The van der Waals surface area contributed by atoms with Crippen LogP contribution in [0.15, 0.2) is 84.1 Å². The zero-order valence-electron chi connectivity index (χ0n) is 16.3. The third-order valence-electron chi connectivity index (χ3n) is 5.29. The molecule has 7 nitrogen and oxygen atoms in total. The van der Waals surface area contributed by atoms with E-state index < -0.39 is 16.1 Å². The van der Waals surface area contributed by atoms with Gasteiger partial charge < -0.3 is 4.90 Å². The molecule has 1 aliphatic rings. The Morgan fingerprint density at radius 1 is 1.00 bits per heavy atom. The van der Waals surface area contributed by atoms with Gasteiger partial charge in [0.15, 0.2) is 0 Å². The number of piperidine rings is 1. The summed E-state index contributed by atoms with van der Waals surface area (Å²) in [5.41, 5.74) is 1.35. The zero-order chi connectivity index (χ0) is 21.0. The van der Waals surface area contributed by atoms with Crippen LogP contribution in [0.25, 0.3) is 0 Å². The van der Waals surface area contributed by atoms with Gasteiger partial charge >= 0.3 is 0 Å². The number of carbonyl (C=O) groups is 1. The molecular formula is C22H22N4O3S. The van der Waals surface area contributed by atoms with Crippen LogP contribution in [0.4, 0.5) is 0 Å². The maximum absolute atomic E-state index is 13.0. The molecule has 1 N–H and O–H groups in total. The molecule has 0 aliphatic carbocycles. The molecule has 3 aromatic rings. The monoisotopic (exact) mass is 422 g/mol. The molecule has 154 valence electrons. The van der Waals surface area contributed by atoms with Gasteiger partial charge in [0, 0.05) is 31.2 Å². The molecular weight excluding hydrogens is 400 g/mol. The second-order valence-electron chi connectivity index (χ2n) is 7.19. The highest BCUT2D eigenvalue weighted by Gasteiger charge is 2.35. The van der Waals surface area contributed by atoms with Crippen LogP contribution in [0.1, 0.15) is 28.4 Å². The highest BCUT2D eigenvalue weighted by molar-refractivity contribution is 7.89. The van der Waals surface area contributed by atoms with Crippen molar-refractivity contribution in [3.05, 3.63) is 90.5 Å². The number of nitrogens with zero attached hydrogens (tertiary/aromatic N) is 3. The van der Waals surface area contributed by atoms with Gasteiger partial charge in [-0.15, -0.1) is 0 Å². The average Bonchev–Trinajstić information content (AvgIpc) is 2.80. The molecule has 4 rings (SSSR count). The molecule has 0 bridgehead atoms. The SMILES string of the molecule is O=C(c1ccncn1)N1CC[C@@H](c2ccccc2)[C@@H](NS(=O)(=O)c2ccccc2)C1. The molecule has 2 heterocycles. The minimum atomic E-state index is -3.73. The van der Waals surface area contributed by atoms with E-state index in [-0.39, 0.29) is 23.3 Å². The number of carbonyl (C=O) groups excluding carboxylic acids is 1. The van der Waals surface area contributed by atoms with E-state index in [0.717, 1.165) is 5.56 Å². The first-order valence-electron chi connectivity index (χ1n) is 9.72. The van der Waals surface area contributed by atoms with Crippen molar-refractivity contribution in [1.29, 1.82) is 0 Å². The summed E-state index contributed by atoms with van der Waals surface area (Å²) in [6.45, 7) is 0.778. The van der Waals surface area contributed by atoms with Gasteiger partial charge in [0.1, 0.15) is 12.0 Å². The van der Waals surface area contributed by atoms with E-state index in [9.17, 15) is 13.2 Å². The highest BCUT2D eigenvalue weighted by Crippen LogP contribution is 2.30. The Balaban J connectivity index is 1.61. The third-order valence-corrected chi connectivity index (χ3v) is 6.79. The molecule has 2 atom stereocenters. The highest BCUT2D eigenvalue weighted by atomic mass is 32.2. The predicted molar refractivity (Wildman–Crippen MR) is 112 cm³/mol. The second-order valence-corrected chi connectivity index (χ2v) is 8.91.